The molecule has 3 heteroatoms. The van der Waals surface area contributed by atoms with Gasteiger partial charge in [-0.25, -0.2) is 4.39 Å². The molecular formula is C22H27FN2. The largest absolute Gasteiger partial charge is 0.373 e. The van der Waals surface area contributed by atoms with Gasteiger partial charge >= 0.3 is 0 Å². The van der Waals surface area contributed by atoms with E-state index in [1.54, 1.807) is 0 Å². The monoisotopic (exact) mass is 338 g/mol. The minimum absolute atomic E-state index is 0.211. The van der Waals surface area contributed by atoms with E-state index in [-0.39, 0.29) is 5.82 Å². The third kappa shape index (κ3) is 4.29. The first-order valence-corrected chi connectivity index (χ1v) is 9.13. The molecule has 2 N–H and O–H groups in total. The Labute approximate surface area is 150 Å². The summed E-state index contributed by atoms with van der Waals surface area (Å²) in [6.45, 7) is 3.92. The number of nitrogens with two attached hydrogens (primary N) is 1. The smallest absolute Gasteiger partial charge is 0.123 e. The van der Waals surface area contributed by atoms with E-state index in [0.717, 1.165) is 44.3 Å². The first-order chi connectivity index (χ1) is 12.1. The molecule has 3 rings (SSSR count). The van der Waals surface area contributed by atoms with Crippen molar-refractivity contribution in [3.63, 3.8) is 0 Å². The minimum atomic E-state index is -0.396. The second-order valence-corrected chi connectivity index (χ2v) is 6.92. The quantitative estimate of drug-likeness (QED) is 0.833. The third-order valence-electron chi connectivity index (χ3n) is 5.08. The van der Waals surface area contributed by atoms with Crippen molar-refractivity contribution in [2.75, 3.05) is 13.1 Å². The number of hydrogen-bond acceptors (Lipinski definition) is 2. The second kappa shape index (κ2) is 7.83. The zero-order valence-electron chi connectivity index (χ0n) is 14.9. The van der Waals surface area contributed by atoms with Crippen molar-refractivity contribution in [2.24, 2.45) is 5.73 Å². The van der Waals surface area contributed by atoms with Crippen LogP contribution >= 0.6 is 0 Å². The first kappa shape index (κ1) is 17.7. The molecule has 0 radical (unpaired) electrons. The Morgan fingerprint density at radius 3 is 2.56 bits per heavy atom. The van der Waals surface area contributed by atoms with E-state index in [2.05, 4.69) is 48.2 Å². The Morgan fingerprint density at radius 2 is 1.88 bits per heavy atom. The summed E-state index contributed by atoms with van der Waals surface area (Å²) < 4.78 is 13.2. The van der Waals surface area contributed by atoms with Gasteiger partial charge in [-0.15, -0.1) is 0 Å². The molecule has 1 aliphatic rings. The van der Waals surface area contributed by atoms with Crippen LogP contribution in [0, 0.1) is 5.82 Å². The summed E-state index contributed by atoms with van der Waals surface area (Å²) in [5.41, 5.74) is 10.0. The van der Waals surface area contributed by atoms with Crippen molar-refractivity contribution in [3.8, 4) is 0 Å². The van der Waals surface area contributed by atoms with Crippen LogP contribution in [0.3, 0.4) is 0 Å². The first-order valence-electron chi connectivity index (χ1n) is 9.13. The summed E-state index contributed by atoms with van der Waals surface area (Å²) >= 11 is 0. The highest BCUT2D eigenvalue weighted by Crippen LogP contribution is 2.32. The average Bonchev–Trinajstić information content (AvgIpc) is 3.03. The fourth-order valence-electron chi connectivity index (χ4n) is 3.64. The number of allylic oxidation sites excluding steroid dienone is 2. The van der Waals surface area contributed by atoms with Crippen molar-refractivity contribution in [1.82, 2.24) is 4.90 Å². The van der Waals surface area contributed by atoms with Gasteiger partial charge < -0.3 is 10.6 Å². The van der Waals surface area contributed by atoms with Gasteiger partial charge in [-0.2, -0.15) is 0 Å². The van der Waals surface area contributed by atoms with Crippen LogP contribution < -0.4 is 5.73 Å². The van der Waals surface area contributed by atoms with Crippen molar-refractivity contribution >= 4 is 0 Å². The molecule has 1 unspecified atom stereocenters. The molecule has 132 valence electrons. The van der Waals surface area contributed by atoms with Crippen LogP contribution in [-0.2, 0) is 12.0 Å². The topological polar surface area (TPSA) is 29.3 Å². The lowest BCUT2D eigenvalue weighted by Crippen LogP contribution is -2.39. The van der Waals surface area contributed by atoms with Gasteiger partial charge in [0.15, 0.2) is 0 Å². The maximum Gasteiger partial charge on any atom is 0.123 e. The van der Waals surface area contributed by atoms with Crippen molar-refractivity contribution in [2.45, 2.75) is 38.1 Å². The predicted octanol–water partition coefficient (Wildman–Crippen LogP) is 4.61. The number of rotatable bonds is 6. The van der Waals surface area contributed by atoms with E-state index in [1.165, 1.54) is 23.4 Å². The van der Waals surface area contributed by atoms with Crippen LogP contribution in [0.25, 0.3) is 0 Å². The van der Waals surface area contributed by atoms with Gasteiger partial charge in [0, 0.05) is 18.8 Å². The highest BCUT2D eigenvalue weighted by atomic mass is 19.1. The molecule has 0 aromatic heterocycles. The van der Waals surface area contributed by atoms with Crippen LogP contribution in [0.1, 0.15) is 37.3 Å². The third-order valence-corrected chi connectivity index (χ3v) is 5.08. The number of nitrogens with zero attached hydrogens (tertiary/aromatic N) is 1. The van der Waals surface area contributed by atoms with Gasteiger partial charge in [0.1, 0.15) is 5.82 Å². The number of aryl methyl sites for hydroxylation is 1. The second-order valence-electron chi connectivity index (χ2n) is 6.92. The average molecular weight is 338 g/mol. The maximum absolute atomic E-state index is 13.2. The number of benzene rings is 2. The lowest BCUT2D eigenvalue weighted by molar-refractivity contribution is 0.367. The highest BCUT2D eigenvalue weighted by molar-refractivity contribution is 5.28. The van der Waals surface area contributed by atoms with E-state index >= 15 is 0 Å². The van der Waals surface area contributed by atoms with Gasteiger partial charge in [-0.05, 0) is 48.9 Å². The van der Waals surface area contributed by atoms with E-state index in [1.807, 2.05) is 12.1 Å². The zero-order chi connectivity index (χ0) is 17.7. The van der Waals surface area contributed by atoms with Crippen LogP contribution in [0.4, 0.5) is 4.39 Å². The fraction of sp³-hybridized carbons (Fsp3) is 0.364. The maximum atomic E-state index is 13.2. The molecule has 2 nitrogen and oxygen atoms in total. The van der Waals surface area contributed by atoms with Gasteiger partial charge in [-0.1, -0.05) is 55.5 Å². The van der Waals surface area contributed by atoms with Crippen molar-refractivity contribution in [1.29, 1.82) is 0 Å². The summed E-state index contributed by atoms with van der Waals surface area (Å²) in [6, 6.07) is 17.3. The Balaban J connectivity index is 1.69. The van der Waals surface area contributed by atoms with Gasteiger partial charge in [0.25, 0.3) is 0 Å². The molecule has 1 atom stereocenters. The van der Waals surface area contributed by atoms with E-state index in [4.69, 9.17) is 5.73 Å². The molecule has 1 saturated heterocycles. The van der Waals surface area contributed by atoms with Crippen LogP contribution in [0.2, 0.25) is 0 Å². The fourth-order valence-corrected chi connectivity index (χ4v) is 3.64. The standard InChI is InChI=1S/C22H27FN2/c1-2-6-21(14-9-18-7-4-3-5-8-18)25-16-15-22(24,17-25)19-10-12-20(23)13-11-19/h3-8,10-13H,2,9,14-17,24H2,1H3/b21-6-. The molecule has 1 heterocycles. The molecule has 0 spiro atoms. The van der Waals surface area contributed by atoms with E-state index < -0.39 is 5.54 Å². The Bertz CT molecular complexity index is 709. The van der Waals surface area contributed by atoms with E-state index in [0.29, 0.717) is 0 Å². The molecule has 25 heavy (non-hydrogen) atoms. The van der Waals surface area contributed by atoms with Crippen LogP contribution in [0.5, 0.6) is 0 Å². The molecule has 0 amide bonds. The van der Waals surface area contributed by atoms with Gasteiger partial charge in [-0.3, -0.25) is 0 Å². The Kier molecular flexibility index (Phi) is 5.54. The van der Waals surface area contributed by atoms with Crippen molar-refractivity contribution < 1.29 is 4.39 Å². The molecule has 1 fully saturated rings. The van der Waals surface area contributed by atoms with Crippen LogP contribution in [-0.4, -0.2) is 18.0 Å². The highest BCUT2D eigenvalue weighted by Gasteiger charge is 2.36. The number of halogens is 1. The van der Waals surface area contributed by atoms with Crippen molar-refractivity contribution in [3.05, 3.63) is 83.3 Å². The number of hydrogen-bond donors (Lipinski definition) is 1. The van der Waals surface area contributed by atoms with Crippen LogP contribution in [0.15, 0.2) is 66.4 Å². The lowest BCUT2D eigenvalue weighted by atomic mass is 9.90. The van der Waals surface area contributed by atoms with Gasteiger partial charge in [0.2, 0.25) is 0 Å². The summed E-state index contributed by atoms with van der Waals surface area (Å²) in [5.74, 6) is -0.211. The normalized spacial score (nSPS) is 20.9. The molecular weight excluding hydrogens is 311 g/mol. The summed E-state index contributed by atoms with van der Waals surface area (Å²) in [4.78, 5) is 2.41. The predicted molar refractivity (Wildman–Crippen MR) is 102 cm³/mol. The lowest BCUT2D eigenvalue weighted by Gasteiger charge is -2.28. The molecule has 0 aliphatic carbocycles. The molecule has 0 bridgehead atoms. The Hall–Kier alpha value is -2.13. The Morgan fingerprint density at radius 1 is 1.16 bits per heavy atom. The number of likely N-dealkylation sites (tertiary alicyclic amines) is 1. The zero-order valence-corrected chi connectivity index (χ0v) is 14.9. The molecule has 1 aliphatic heterocycles. The summed E-state index contributed by atoms with van der Waals surface area (Å²) in [7, 11) is 0. The summed E-state index contributed by atoms with van der Waals surface area (Å²) in [6.07, 6.45) is 6.30. The molecule has 2 aromatic rings. The minimum Gasteiger partial charge on any atom is -0.373 e. The van der Waals surface area contributed by atoms with E-state index in [9.17, 15) is 4.39 Å². The summed E-state index contributed by atoms with van der Waals surface area (Å²) in [5, 5.41) is 0. The SMILES string of the molecule is CC/C=C(/CCc1ccccc1)N1CCC(N)(c2ccc(F)cc2)C1. The molecule has 2 aromatic carbocycles. The molecule has 0 saturated carbocycles. The van der Waals surface area contributed by atoms with Gasteiger partial charge in [0.05, 0.1) is 5.54 Å².